The minimum absolute atomic E-state index is 0.0417. The Morgan fingerprint density at radius 1 is 1.62 bits per heavy atom. The predicted molar refractivity (Wildman–Crippen MR) is 66.0 cm³/mol. The zero-order valence-corrected chi connectivity index (χ0v) is 12.4. The van der Waals surface area contributed by atoms with Gasteiger partial charge in [-0.05, 0) is 29.8 Å². The first kappa shape index (κ1) is 14.0. The molecule has 1 N–H and O–H groups in total. The van der Waals surface area contributed by atoms with E-state index in [1.165, 1.54) is 14.0 Å². The van der Waals surface area contributed by atoms with Crippen molar-refractivity contribution in [3.8, 4) is 0 Å². The number of likely N-dealkylation sites (N-methyl/N-ethyl adjacent to an activating group) is 1. The van der Waals surface area contributed by atoms with E-state index < -0.39 is 16.1 Å². The van der Waals surface area contributed by atoms with Crippen molar-refractivity contribution in [3.63, 3.8) is 0 Å². The molecule has 0 bridgehead atoms. The minimum Gasteiger partial charge on any atom is -0.392 e. The predicted octanol–water partition coefficient (Wildman–Crippen LogP) is 1.22. The molecular formula is C8H13BrN2O3S2. The molecule has 0 aliphatic heterocycles. The molecular weight excluding hydrogens is 316 g/mol. The zero-order chi connectivity index (χ0) is 12.5. The van der Waals surface area contributed by atoms with Crippen molar-refractivity contribution in [2.75, 3.05) is 13.6 Å². The smallest absolute Gasteiger partial charge is 0.270 e. The number of aryl methyl sites for hydroxylation is 1. The summed E-state index contributed by atoms with van der Waals surface area (Å²) >= 11 is 4.30. The summed E-state index contributed by atoms with van der Waals surface area (Å²) in [6.45, 7) is 3.32. The number of aromatic nitrogens is 1. The van der Waals surface area contributed by atoms with E-state index in [1.54, 1.807) is 6.92 Å². The normalized spacial score (nSPS) is 14.4. The van der Waals surface area contributed by atoms with Crippen LogP contribution in [0.15, 0.2) is 8.13 Å². The Balaban J connectivity index is 3.02. The second kappa shape index (κ2) is 5.09. The van der Waals surface area contributed by atoms with Gasteiger partial charge in [0.2, 0.25) is 4.34 Å². The van der Waals surface area contributed by atoms with Crippen molar-refractivity contribution in [2.45, 2.75) is 24.3 Å². The minimum atomic E-state index is -3.58. The van der Waals surface area contributed by atoms with Gasteiger partial charge in [0, 0.05) is 13.6 Å². The van der Waals surface area contributed by atoms with E-state index >= 15 is 0 Å². The monoisotopic (exact) mass is 328 g/mol. The van der Waals surface area contributed by atoms with Crippen molar-refractivity contribution in [1.82, 2.24) is 9.29 Å². The molecule has 0 aromatic carbocycles. The number of nitrogens with zero attached hydrogens (tertiary/aromatic N) is 2. The fourth-order valence-electron chi connectivity index (χ4n) is 1.07. The van der Waals surface area contributed by atoms with Gasteiger partial charge in [0.05, 0.1) is 15.6 Å². The Hall–Kier alpha value is -0.0200. The lowest BCUT2D eigenvalue weighted by Crippen LogP contribution is -2.33. The summed E-state index contributed by atoms with van der Waals surface area (Å²) in [5.74, 6) is 0. The first-order valence-electron chi connectivity index (χ1n) is 4.52. The van der Waals surface area contributed by atoms with Crippen LogP contribution in [0.3, 0.4) is 0 Å². The van der Waals surface area contributed by atoms with Gasteiger partial charge >= 0.3 is 0 Å². The maximum atomic E-state index is 12.0. The number of rotatable bonds is 4. The molecule has 8 heteroatoms. The second-order valence-electron chi connectivity index (χ2n) is 3.47. The molecule has 0 amide bonds. The standard InChI is InChI=1S/C8H13BrN2O3S2/c1-5(12)4-11(3)16(13,14)8-10-6(2)7(9)15-8/h5,12H,4H2,1-3H3. The summed E-state index contributed by atoms with van der Waals surface area (Å²) < 4.78 is 25.8. The lowest BCUT2D eigenvalue weighted by Gasteiger charge is -2.16. The van der Waals surface area contributed by atoms with Crippen molar-refractivity contribution in [2.24, 2.45) is 0 Å². The Kier molecular flexibility index (Phi) is 4.47. The number of sulfonamides is 1. The largest absolute Gasteiger partial charge is 0.392 e. The topological polar surface area (TPSA) is 70.5 Å². The molecule has 0 fully saturated rings. The third-order valence-corrected chi connectivity index (χ3v) is 6.06. The SMILES string of the molecule is Cc1nc(S(=O)(=O)N(C)CC(C)O)sc1Br. The van der Waals surface area contributed by atoms with Crippen LogP contribution in [0.1, 0.15) is 12.6 Å². The Morgan fingerprint density at radius 2 is 2.19 bits per heavy atom. The quantitative estimate of drug-likeness (QED) is 0.902. The van der Waals surface area contributed by atoms with Crippen LogP contribution in [-0.2, 0) is 10.0 Å². The molecule has 0 spiro atoms. The molecule has 0 aliphatic rings. The maximum Gasteiger partial charge on any atom is 0.270 e. The molecule has 1 atom stereocenters. The van der Waals surface area contributed by atoms with Crippen LogP contribution in [0.2, 0.25) is 0 Å². The summed E-state index contributed by atoms with van der Waals surface area (Å²) in [4.78, 5) is 3.97. The first-order valence-corrected chi connectivity index (χ1v) is 7.57. The summed E-state index contributed by atoms with van der Waals surface area (Å²) in [5.41, 5.74) is 0.647. The molecule has 16 heavy (non-hydrogen) atoms. The van der Waals surface area contributed by atoms with E-state index in [0.29, 0.717) is 9.48 Å². The van der Waals surface area contributed by atoms with Crippen molar-refractivity contribution in [1.29, 1.82) is 0 Å². The van der Waals surface area contributed by atoms with Gasteiger partial charge in [-0.2, -0.15) is 4.31 Å². The fourth-order valence-corrected chi connectivity index (χ4v) is 4.45. The van der Waals surface area contributed by atoms with Crippen LogP contribution in [0.5, 0.6) is 0 Å². The van der Waals surface area contributed by atoms with E-state index in [4.69, 9.17) is 5.11 Å². The van der Waals surface area contributed by atoms with E-state index in [2.05, 4.69) is 20.9 Å². The molecule has 5 nitrogen and oxygen atoms in total. The van der Waals surface area contributed by atoms with Crippen molar-refractivity contribution >= 4 is 37.3 Å². The van der Waals surface area contributed by atoms with Gasteiger partial charge in [-0.25, -0.2) is 13.4 Å². The van der Waals surface area contributed by atoms with E-state index in [0.717, 1.165) is 15.6 Å². The highest BCUT2D eigenvalue weighted by atomic mass is 79.9. The van der Waals surface area contributed by atoms with Gasteiger partial charge in [-0.15, -0.1) is 0 Å². The van der Waals surface area contributed by atoms with Crippen molar-refractivity contribution in [3.05, 3.63) is 9.48 Å². The van der Waals surface area contributed by atoms with Crippen LogP contribution < -0.4 is 0 Å². The highest BCUT2D eigenvalue weighted by Gasteiger charge is 2.26. The molecule has 1 aromatic rings. The summed E-state index contributed by atoms with van der Waals surface area (Å²) in [6.07, 6.45) is -0.704. The number of hydrogen-bond donors (Lipinski definition) is 1. The number of aliphatic hydroxyl groups excluding tert-OH is 1. The Morgan fingerprint density at radius 3 is 2.56 bits per heavy atom. The second-order valence-corrected chi connectivity index (χ2v) is 8.01. The number of hydrogen-bond acceptors (Lipinski definition) is 5. The van der Waals surface area contributed by atoms with Crippen LogP contribution in [0, 0.1) is 6.92 Å². The van der Waals surface area contributed by atoms with Crippen LogP contribution in [0.25, 0.3) is 0 Å². The van der Waals surface area contributed by atoms with Gasteiger partial charge in [-0.3, -0.25) is 0 Å². The maximum absolute atomic E-state index is 12.0. The molecule has 0 radical (unpaired) electrons. The molecule has 0 saturated carbocycles. The Labute approximate surface area is 107 Å². The van der Waals surface area contributed by atoms with Gasteiger partial charge in [0.1, 0.15) is 0 Å². The fraction of sp³-hybridized carbons (Fsp3) is 0.625. The van der Waals surface area contributed by atoms with Gasteiger partial charge in [-0.1, -0.05) is 11.3 Å². The average molecular weight is 329 g/mol. The van der Waals surface area contributed by atoms with Crippen LogP contribution in [-0.4, -0.2) is 42.5 Å². The summed E-state index contributed by atoms with van der Waals surface area (Å²) in [5, 5.41) is 9.16. The zero-order valence-electron chi connectivity index (χ0n) is 9.14. The van der Waals surface area contributed by atoms with E-state index in [-0.39, 0.29) is 10.9 Å². The van der Waals surface area contributed by atoms with Gasteiger partial charge in [0.25, 0.3) is 10.0 Å². The number of halogens is 1. The molecule has 1 heterocycles. The average Bonchev–Trinajstić information content (AvgIpc) is 2.46. The molecule has 1 unspecified atom stereocenters. The molecule has 0 saturated heterocycles. The van der Waals surface area contributed by atoms with Gasteiger partial charge < -0.3 is 5.11 Å². The van der Waals surface area contributed by atoms with E-state index in [9.17, 15) is 8.42 Å². The van der Waals surface area contributed by atoms with Crippen molar-refractivity contribution < 1.29 is 13.5 Å². The first-order chi connectivity index (χ1) is 7.25. The van der Waals surface area contributed by atoms with Crippen LogP contribution >= 0.6 is 27.3 Å². The van der Waals surface area contributed by atoms with E-state index in [1.807, 2.05) is 0 Å². The molecule has 0 aliphatic carbocycles. The third-order valence-electron chi connectivity index (χ3n) is 1.87. The summed E-state index contributed by atoms with van der Waals surface area (Å²) in [6, 6.07) is 0. The van der Waals surface area contributed by atoms with Gasteiger partial charge in [0.15, 0.2) is 0 Å². The van der Waals surface area contributed by atoms with Crippen LogP contribution in [0.4, 0.5) is 0 Å². The molecule has 1 rings (SSSR count). The number of thiazole rings is 1. The Bertz CT molecular complexity index is 450. The number of aliphatic hydroxyl groups is 1. The lowest BCUT2D eigenvalue weighted by molar-refractivity contribution is 0.171. The highest BCUT2D eigenvalue weighted by molar-refractivity contribution is 9.11. The molecule has 1 aromatic heterocycles. The summed E-state index contributed by atoms with van der Waals surface area (Å²) in [7, 11) is -2.16. The lowest BCUT2D eigenvalue weighted by atomic mass is 10.4. The highest BCUT2D eigenvalue weighted by Crippen LogP contribution is 2.28. The molecule has 92 valence electrons. The third kappa shape index (κ3) is 3.01.